The lowest BCUT2D eigenvalue weighted by Gasteiger charge is -2.23. The first-order chi connectivity index (χ1) is 8.36. The van der Waals surface area contributed by atoms with Gasteiger partial charge in [0.05, 0.1) is 5.52 Å². The van der Waals surface area contributed by atoms with Crippen molar-refractivity contribution in [2.24, 2.45) is 0 Å². The quantitative estimate of drug-likeness (QED) is 0.793. The number of nitrogens with zero attached hydrogens (tertiary/aromatic N) is 3. The number of alkyl halides is 1. The molecule has 0 fully saturated rings. The number of aromatic nitrogens is 2. The second-order valence-corrected chi connectivity index (χ2v) is 4.68. The number of rotatable bonds is 5. The Kier molecular flexibility index (Phi) is 4.31. The number of fused-ring (bicyclic) bond motifs is 1. The van der Waals surface area contributed by atoms with Crippen LogP contribution in [0.5, 0.6) is 0 Å². The van der Waals surface area contributed by atoms with E-state index in [0.717, 1.165) is 41.6 Å². The first-order valence-electron chi connectivity index (χ1n) is 5.87. The average molecular weight is 294 g/mol. The molecule has 0 aliphatic carbocycles. The molecule has 2 aromatic rings. The van der Waals surface area contributed by atoms with Crippen LogP contribution in [0.15, 0.2) is 30.6 Å². The van der Waals surface area contributed by atoms with Gasteiger partial charge in [-0.2, -0.15) is 0 Å². The van der Waals surface area contributed by atoms with Gasteiger partial charge >= 0.3 is 0 Å². The lowest BCUT2D eigenvalue weighted by Crippen LogP contribution is -2.27. The van der Waals surface area contributed by atoms with Gasteiger partial charge in [0.1, 0.15) is 12.1 Å². The molecule has 3 nitrogen and oxygen atoms in total. The van der Waals surface area contributed by atoms with Gasteiger partial charge in [-0.1, -0.05) is 35.0 Å². The molecule has 0 N–H and O–H groups in total. The molecule has 0 aliphatic rings. The van der Waals surface area contributed by atoms with E-state index in [2.05, 4.69) is 43.8 Å². The largest absolute Gasteiger partial charge is 0.355 e. The van der Waals surface area contributed by atoms with Crippen molar-refractivity contribution < 1.29 is 0 Å². The second-order valence-electron chi connectivity index (χ2n) is 3.89. The van der Waals surface area contributed by atoms with Crippen LogP contribution in [-0.2, 0) is 0 Å². The summed E-state index contributed by atoms with van der Waals surface area (Å²) >= 11 is 3.50. The van der Waals surface area contributed by atoms with Gasteiger partial charge in [-0.25, -0.2) is 9.97 Å². The molecule has 0 saturated heterocycles. The van der Waals surface area contributed by atoms with Crippen molar-refractivity contribution >= 4 is 32.7 Å². The van der Waals surface area contributed by atoms with Crippen LogP contribution in [-0.4, -0.2) is 28.4 Å². The number of hydrogen-bond acceptors (Lipinski definition) is 3. The maximum absolute atomic E-state index is 4.44. The summed E-state index contributed by atoms with van der Waals surface area (Å²) in [5, 5.41) is 2.08. The third-order valence-corrected chi connectivity index (χ3v) is 3.02. The average Bonchev–Trinajstić information content (AvgIpc) is 2.38. The molecule has 1 heterocycles. The molecular formula is C13H16BrN3. The predicted octanol–water partition coefficient (Wildman–Crippen LogP) is 3.24. The molecule has 0 bridgehead atoms. The topological polar surface area (TPSA) is 29.0 Å². The van der Waals surface area contributed by atoms with Crippen molar-refractivity contribution in [3.8, 4) is 0 Å². The van der Waals surface area contributed by atoms with Gasteiger partial charge in [-0.15, -0.1) is 0 Å². The number of anilines is 1. The smallest absolute Gasteiger partial charge is 0.139 e. The minimum absolute atomic E-state index is 0.950. The van der Waals surface area contributed by atoms with Crippen LogP contribution in [0, 0.1) is 0 Å². The van der Waals surface area contributed by atoms with E-state index in [4.69, 9.17) is 0 Å². The Morgan fingerprint density at radius 1 is 1.18 bits per heavy atom. The maximum Gasteiger partial charge on any atom is 0.139 e. The zero-order valence-electron chi connectivity index (χ0n) is 9.93. The molecular weight excluding hydrogens is 278 g/mol. The van der Waals surface area contributed by atoms with Crippen molar-refractivity contribution in [1.29, 1.82) is 0 Å². The molecule has 2 rings (SSSR count). The Hall–Kier alpha value is -1.16. The van der Waals surface area contributed by atoms with Crippen LogP contribution in [0.3, 0.4) is 0 Å². The molecule has 0 aliphatic heterocycles. The molecule has 4 heteroatoms. The van der Waals surface area contributed by atoms with E-state index in [9.17, 15) is 0 Å². The van der Waals surface area contributed by atoms with Crippen LogP contribution in [0.25, 0.3) is 10.9 Å². The Morgan fingerprint density at radius 3 is 2.76 bits per heavy atom. The summed E-state index contributed by atoms with van der Waals surface area (Å²) in [4.78, 5) is 11.0. The minimum atomic E-state index is 0.950. The highest BCUT2D eigenvalue weighted by atomic mass is 79.9. The molecule has 1 aromatic heterocycles. The number of benzene rings is 1. The predicted molar refractivity (Wildman–Crippen MR) is 75.8 cm³/mol. The van der Waals surface area contributed by atoms with Crippen molar-refractivity contribution in [3.05, 3.63) is 30.6 Å². The van der Waals surface area contributed by atoms with E-state index < -0.39 is 0 Å². The summed E-state index contributed by atoms with van der Waals surface area (Å²) in [5.41, 5.74) is 1.01. The van der Waals surface area contributed by atoms with Gasteiger partial charge in [-0.3, -0.25) is 0 Å². The summed E-state index contributed by atoms with van der Waals surface area (Å²) in [6.07, 6.45) is 2.76. The molecule has 0 amide bonds. The number of halogens is 1. The van der Waals surface area contributed by atoms with Gasteiger partial charge in [0.15, 0.2) is 0 Å². The maximum atomic E-state index is 4.44. The summed E-state index contributed by atoms with van der Waals surface area (Å²) in [7, 11) is 0. The molecule has 0 unspecified atom stereocenters. The van der Waals surface area contributed by atoms with Crippen LogP contribution in [0.1, 0.15) is 13.3 Å². The Morgan fingerprint density at radius 2 is 2.00 bits per heavy atom. The van der Waals surface area contributed by atoms with Gasteiger partial charge < -0.3 is 4.90 Å². The highest BCUT2D eigenvalue weighted by Crippen LogP contribution is 2.22. The first-order valence-corrected chi connectivity index (χ1v) is 6.99. The summed E-state index contributed by atoms with van der Waals surface area (Å²) in [5.74, 6) is 1.04. The van der Waals surface area contributed by atoms with Gasteiger partial charge in [0, 0.05) is 23.8 Å². The zero-order chi connectivity index (χ0) is 12.1. The van der Waals surface area contributed by atoms with Crippen molar-refractivity contribution in [2.45, 2.75) is 13.3 Å². The molecule has 0 atom stereocenters. The fourth-order valence-electron chi connectivity index (χ4n) is 1.94. The van der Waals surface area contributed by atoms with E-state index in [1.165, 1.54) is 0 Å². The normalized spacial score (nSPS) is 10.7. The van der Waals surface area contributed by atoms with Gasteiger partial charge in [0.25, 0.3) is 0 Å². The van der Waals surface area contributed by atoms with E-state index in [0.29, 0.717) is 0 Å². The SMILES string of the molecule is CCCN(CCBr)c1ncnc2ccccc12. The molecule has 0 spiro atoms. The third kappa shape index (κ3) is 2.75. The molecule has 0 radical (unpaired) electrons. The van der Waals surface area contributed by atoms with E-state index in [1.54, 1.807) is 6.33 Å². The van der Waals surface area contributed by atoms with Crippen molar-refractivity contribution in [3.63, 3.8) is 0 Å². The molecule has 90 valence electrons. The van der Waals surface area contributed by atoms with Crippen molar-refractivity contribution in [2.75, 3.05) is 23.3 Å². The monoisotopic (exact) mass is 293 g/mol. The highest BCUT2D eigenvalue weighted by Gasteiger charge is 2.10. The minimum Gasteiger partial charge on any atom is -0.355 e. The molecule has 1 aromatic carbocycles. The van der Waals surface area contributed by atoms with Crippen LogP contribution >= 0.6 is 15.9 Å². The standard InChI is InChI=1S/C13H16BrN3/c1-2-8-17(9-7-14)13-11-5-3-4-6-12(11)15-10-16-13/h3-6,10H,2,7-9H2,1H3. The Bertz CT molecular complexity index is 476. The summed E-state index contributed by atoms with van der Waals surface area (Å²) in [6, 6.07) is 8.15. The fourth-order valence-corrected chi connectivity index (χ4v) is 2.37. The fraction of sp³-hybridized carbons (Fsp3) is 0.385. The van der Waals surface area contributed by atoms with Crippen LogP contribution in [0.2, 0.25) is 0 Å². The van der Waals surface area contributed by atoms with E-state index in [-0.39, 0.29) is 0 Å². The zero-order valence-corrected chi connectivity index (χ0v) is 11.5. The summed E-state index contributed by atoms with van der Waals surface area (Å²) < 4.78 is 0. The van der Waals surface area contributed by atoms with Gasteiger partial charge in [0.2, 0.25) is 0 Å². The van der Waals surface area contributed by atoms with E-state index >= 15 is 0 Å². The molecule has 17 heavy (non-hydrogen) atoms. The Labute approximate surface area is 110 Å². The third-order valence-electron chi connectivity index (χ3n) is 2.67. The van der Waals surface area contributed by atoms with Crippen LogP contribution < -0.4 is 4.90 Å². The van der Waals surface area contributed by atoms with E-state index in [1.807, 2.05) is 18.2 Å². The lowest BCUT2D eigenvalue weighted by molar-refractivity contribution is 0.786. The van der Waals surface area contributed by atoms with Crippen LogP contribution in [0.4, 0.5) is 5.82 Å². The van der Waals surface area contributed by atoms with Crippen molar-refractivity contribution in [1.82, 2.24) is 9.97 Å². The molecule has 0 saturated carbocycles. The number of para-hydroxylation sites is 1. The first kappa shape index (κ1) is 12.3. The number of hydrogen-bond donors (Lipinski definition) is 0. The lowest BCUT2D eigenvalue weighted by atomic mass is 10.2. The Balaban J connectivity index is 2.44. The highest BCUT2D eigenvalue weighted by molar-refractivity contribution is 9.09. The second kappa shape index (κ2) is 5.96. The summed E-state index contributed by atoms with van der Waals surface area (Å²) in [6.45, 7) is 4.17. The van der Waals surface area contributed by atoms with Gasteiger partial charge in [-0.05, 0) is 18.6 Å².